The summed E-state index contributed by atoms with van der Waals surface area (Å²) in [7, 11) is -1.76. The third-order valence-corrected chi connectivity index (χ3v) is 3.65. The molecule has 0 bridgehead atoms. The van der Waals surface area contributed by atoms with Crippen molar-refractivity contribution >= 4 is 13.3 Å². The molecule has 0 N–H and O–H groups in total. The maximum absolute atomic E-state index is 11.9. The summed E-state index contributed by atoms with van der Waals surface area (Å²) in [6.07, 6.45) is 6.99. The fourth-order valence-electron chi connectivity index (χ4n) is 1.65. The van der Waals surface area contributed by atoms with E-state index in [1.54, 1.807) is 12.2 Å². The molecule has 0 saturated carbocycles. The van der Waals surface area contributed by atoms with Crippen LogP contribution in [0, 0.1) is 0 Å². The van der Waals surface area contributed by atoms with E-state index in [9.17, 15) is 4.89 Å². The molecule has 16 heavy (non-hydrogen) atoms. The van der Waals surface area contributed by atoms with Gasteiger partial charge in [0.05, 0.1) is 0 Å². The zero-order valence-electron chi connectivity index (χ0n) is 9.82. The molecule has 0 fully saturated rings. The van der Waals surface area contributed by atoms with Crippen LogP contribution in [0.4, 0.5) is 0 Å². The van der Waals surface area contributed by atoms with Crippen molar-refractivity contribution in [2.75, 3.05) is 0 Å². The van der Waals surface area contributed by atoms with Gasteiger partial charge in [0.2, 0.25) is 0 Å². The SMILES string of the molecule is C=C/C=C1/O[P+]([O-])=C(CCC)/C(=C\C)C1=C. The Hall–Kier alpha value is -1.11. The van der Waals surface area contributed by atoms with Crippen molar-refractivity contribution in [3.05, 3.63) is 48.3 Å². The highest BCUT2D eigenvalue weighted by molar-refractivity contribution is 7.47. The molecule has 0 aromatic heterocycles. The van der Waals surface area contributed by atoms with Crippen molar-refractivity contribution < 1.29 is 9.42 Å². The van der Waals surface area contributed by atoms with Gasteiger partial charge < -0.3 is 4.89 Å². The van der Waals surface area contributed by atoms with E-state index in [2.05, 4.69) is 20.1 Å². The fraction of sp³-hybridized carbons (Fsp3) is 0.308. The summed E-state index contributed by atoms with van der Waals surface area (Å²) in [6, 6.07) is 0. The Bertz CT molecular complexity index is 400. The Morgan fingerprint density at radius 3 is 2.69 bits per heavy atom. The van der Waals surface area contributed by atoms with Gasteiger partial charge in [0.1, 0.15) is 0 Å². The zero-order valence-corrected chi connectivity index (χ0v) is 10.7. The van der Waals surface area contributed by atoms with Crippen LogP contribution in [0.1, 0.15) is 26.7 Å². The van der Waals surface area contributed by atoms with E-state index in [0.717, 1.165) is 29.3 Å². The molecule has 1 unspecified atom stereocenters. The maximum Gasteiger partial charge on any atom is 0.281 e. The Morgan fingerprint density at radius 2 is 2.19 bits per heavy atom. The van der Waals surface area contributed by atoms with Crippen LogP contribution >= 0.6 is 8.00 Å². The first-order chi connectivity index (χ1) is 7.65. The largest absolute Gasteiger partial charge is 0.595 e. The van der Waals surface area contributed by atoms with Crippen LogP contribution in [0.15, 0.2) is 48.3 Å². The van der Waals surface area contributed by atoms with Gasteiger partial charge in [-0.05, 0) is 19.4 Å². The molecule has 0 radical (unpaired) electrons. The molecule has 0 saturated heterocycles. The van der Waals surface area contributed by atoms with E-state index >= 15 is 0 Å². The van der Waals surface area contributed by atoms with Crippen LogP contribution in [0.25, 0.3) is 0 Å². The third kappa shape index (κ3) is 2.52. The first kappa shape index (κ1) is 13.0. The molecule has 1 atom stereocenters. The molecule has 2 nitrogen and oxygen atoms in total. The second kappa shape index (κ2) is 5.83. The number of hydrogen-bond donors (Lipinski definition) is 0. The fourth-order valence-corrected chi connectivity index (χ4v) is 2.97. The van der Waals surface area contributed by atoms with Crippen LogP contribution in [0.3, 0.4) is 0 Å². The third-order valence-electron chi connectivity index (χ3n) is 2.38. The minimum atomic E-state index is -1.76. The molecule has 1 heterocycles. The molecule has 0 amide bonds. The van der Waals surface area contributed by atoms with Gasteiger partial charge in [-0.1, -0.05) is 32.2 Å². The van der Waals surface area contributed by atoms with Crippen LogP contribution < -0.4 is 4.89 Å². The minimum Gasteiger partial charge on any atom is -0.595 e. The van der Waals surface area contributed by atoms with E-state index < -0.39 is 8.00 Å². The lowest BCUT2D eigenvalue weighted by molar-refractivity contribution is -0.169. The summed E-state index contributed by atoms with van der Waals surface area (Å²) in [6.45, 7) is 11.6. The topological polar surface area (TPSA) is 32.3 Å². The van der Waals surface area contributed by atoms with Crippen LogP contribution in [0.2, 0.25) is 0 Å². The number of hydrogen-bond acceptors (Lipinski definition) is 2. The average Bonchev–Trinajstić information content (AvgIpc) is 2.26. The van der Waals surface area contributed by atoms with Gasteiger partial charge in [-0.25, -0.2) is 0 Å². The molecule has 1 rings (SSSR count). The summed E-state index contributed by atoms with van der Waals surface area (Å²) >= 11 is 0. The average molecular weight is 236 g/mol. The number of rotatable bonds is 3. The predicted octanol–water partition coefficient (Wildman–Crippen LogP) is 3.23. The molecule has 1 aliphatic rings. The summed E-state index contributed by atoms with van der Waals surface area (Å²) < 4.78 is 5.36. The maximum atomic E-state index is 11.9. The van der Waals surface area contributed by atoms with E-state index in [4.69, 9.17) is 4.52 Å². The van der Waals surface area contributed by atoms with E-state index in [1.807, 2.05) is 13.0 Å². The van der Waals surface area contributed by atoms with E-state index in [1.165, 1.54) is 0 Å². The van der Waals surface area contributed by atoms with Crippen LogP contribution in [-0.2, 0) is 4.52 Å². The second-order valence-corrected chi connectivity index (χ2v) is 4.73. The van der Waals surface area contributed by atoms with Crippen molar-refractivity contribution in [2.45, 2.75) is 26.7 Å². The lowest BCUT2D eigenvalue weighted by atomic mass is 9.99. The Morgan fingerprint density at radius 1 is 1.50 bits per heavy atom. The van der Waals surface area contributed by atoms with E-state index in [-0.39, 0.29) is 0 Å². The lowest BCUT2D eigenvalue weighted by Gasteiger charge is -2.19. The summed E-state index contributed by atoms with van der Waals surface area (Å²) in [5.74, 6) is 0.559. The van der Waals surface area contributed by atoms with Gasteiger partial charge in [0, 0.05) is 17.6 Å². The molecule has 0 aromatic rings. The van der Waals surface area contributed by atoms with Gasteiger partial charge in [-0.3, -0.25) is 4.52 Å². The molecular weight excluding hydrogens is 219 g/mol. The van der Waals surface area contributed by atoms with Crippen molar-refractivity contribution in [2.24, 2.45) is 0 Å². The standard InChI is InChI=1S/C13H17O2P/c1-5-8-12-10(4)11(7-3)13(9-6-2)16(14)15-12/h5,7-8H,1,4,6,9H2,2-3H3/b11-7-,12-8+. The molecule has 0 spiro atoms. The van der Waals surface area contributed by atoms with Crippen LogP contribution in [0.5, 0.6) is 0 Å². The molecule has 1 aliphatic heterocycles. The summed E-state index contributed by atoms with van der Waals surface area (Å²) in [4.78, 5) is 11.9. The first-order valence-electron chi connectivity index (χ1n) is 5.35. The van der Waals surface area contributed by atoms with Crippen molar-refractivity contribution in [1.29, 1.82) is 0 Å². The van der Waals surface area contributed by atoms with Crippen molar-refractivity contribution in [3.63, 3.8) is 0 Å². The first-order valence-corrected chi connectivity index (χ1v) is 6.53. The minimum absolute atomic E-state index is 0.559. The summed E-state index contributed by atoms with van der Waals surface area (Å²) in [5, 5.41) is 0.867. The predicted molar refractivity (Wildman–Crippen MR) is 69.1 cm³/mol. The van der Waals surface area contributed by atoms with Crippen molar-refractivity contribution in [3.8, 4) is 0 Å². The van der Waals surface area contributed by atoms with Crippen molar-refractivity contribution in [1.82, 2.24) is 0 Å². The smallest absolute Gasteiger partial charge is 0.281 e. The molecule has 86 valence electrons. The van der Waals surface area contributed by atoms with Gasteiger partial charge in [-0.2, -0.15) is 0 Å². The quantitative estimate of drug-likeness (QED) is 0.704. The molecule has 0 aliphatic carbocycles. The molecule has 0 aromatic carbocycles. The highest BCUT2D eigenvalue weighted by Crippen LogP contribution is 2.38. The van der Waals surface area contributed by atoms with Gasteiger partial charge in [-0.15, -0.1) is 0 Å². The lowest BCUT2D eigenvalue weighted by Crippen LogP contribution is -2.16. The normalized spacial score (nSPS) is 23.8. The van der Waals surface area contributed by atoms with Gasteiger partial charge in [0.15, 0.2) is 11.1 Å². The molecule has 3 heteroatoms. The van der Waals surface area contributed by atoms with Gasteiger partial charge >= 0.3 is 0 Å². The van der Waals surface area contributed by atoms with E-state index in [0.29, 0.717) is 5.76 Å². The molecular formula is C13H17O2P. The van der Waals surface area contributed by atoms with Crippen LogP contribution in [-0.4, -0.2) is 5.29 Å². The summed E-state index contributed by atoms with van der Waals surface area (Å²) in [5.41, 5.74) is 1.75. The van der Waals surface area contributed by atoms with Gasteiger partial charge in [0.25, 0.3) is 8.00 Å². The Labute approximate surface area is 98.2 Å². The zero-order chi connectivity index (χ0) is 12.1. The Balaban J connectivity index is 3.21. The second-order valence-electron chi connectivity index (χ2n) is 3.49. The highest BCUT2D eigenvalue weighted by atomic mass is 31.1. The highest BCUT2D eigenvalue weighted by Gasteiger charge is 2.28. The monoisotopic (exact) mass is 236 g/mol. The Kier molecular flexibility index (Phi) is 4.72. The number of allylic oxidation sites excluding steroid dienone is 4.